The summed E-state index contributed by atoms with van der Waals surface area (Å²) < 4.78 is 0. The number of rotatable bonds is 22. The maximum absolute atomic E-state index is 3.12. The van der Waals surface area contributed by atoms with E-state index in [0.29, 0.717) is 5.16 Å². The molecular weight excluding hydrogens is 362 g/mol. The molecular formula is C26H56FP. The van der Waals surface area contributed by atoms with Crippen LogP contribution in [0.1, 0.15) is 162 Å². The maximum Gasteiger partial charge on any atom is -0.0155 e. The monoisotopic (exact) mass is 418 g/mol. The predicted octanol–water partition coefficient (Wildman–Crippen LogP) is 10.4. The zero-order valence-corrected chi connectivity index (χ0v) is 21.2. The second-order valence-corrected chi connectivity index (χ2v) is 10.4. The Hall–Kier alpha value is 0.360. The van der Waals surface area contributed by atoms with Gasteiger partial charge in [0.15, 0.2) is 0 Å². The second-order valence-electron chi connectivity index (χ2n) is 9.18. The number of hydrogen-bond donors (Lipinski definition) is 0. The normalized spacial score (nSPS) is 11.6. The van der Waals surface area contributed by atoms with E-state index >= 15 is 0 Å². The van der Waals surface area contributed by atoms with Crippen LogP contribution in [0.25, 0.3) is 0 Å². The molecule has 0 aliphatic heterocycles. The van der Waals surface area contributed by atoms with Crippen molar-refractivity contribution in [2.75, 3.05) is 0 Å². The molecule has 0 nitrogen and oxygen atoms in total. The van der Waals surface area contributed by atoms with Gasteiger partial charge in [0.25, 0.3) is 0 Å². The summed E-state index contributed by atoms with van der Waals surface area (Å²) in [7, 11) is 3.12. The van der Waals surface area contributed by atoms with Gasteiger partial charge < -0.3 is 0 Å². The predicted molar refractivity (Wildman–Crippen MR) is 134 cm³/mol. The fourth-order valence-electron chi connectivity index (χ4n) is 4.16. The molecule has 1 atom stereocenters. The Morgan fingerprint density at radius 3 is 0.929 bits per heavy atom. The van der Waals surface area contributed by atoms with E-state index < -0.39 is 0 Å². The average molecular weight is 419 g/mol. The average Bonchev–Trinajstić information content (AvgIpc) is 2.69. The van der Waals surface area contributed by atoms with Gasteiger partial charge in [-0.1, -0.05) is 143 Å². The largest absolute Gasteiger partial charge is 0.269 e. The molecule has 0 aromatic heterocycles. The maximum atomic E-state index is 3.12. The first-order valence-electron chi connectivity index (χ1n) is 13.0. The third-order valence-corrected chi connectivity index (χ3v) is 7.79. The van der Waals surface area contributed by atoms with Gasteiger partial charge in [-0.2, -0.15) is 0 Å². The SMILES string of the molecule is CCCCCCCCCCCCCCCCCCCCCC(P)(CC)CC.F. The minimum Gasteiger partial charge on any atom is -0.269 e. The Labute approximate surface area is 181 Å². The Morgan fingerprint density at radius 2 is 0.679 bits per heavy atom. The summed E-state index contributed by atoms with van der Waals surface area (Å²) in [6.45, 7) is 6.98. The zero-order valence-electron chi connectivity index (χ0n) is 20.0. The molecule has 172 valence electrons. The molecule has 0 N–H and O–H groups in total. The van der Waals surface area contributed by atoms with Gasteiger partial charge in [0.2, 0.25) is 0 Å². The first-order valence-corrected chi connectivity index (χ1v) is 13.5. The van der Waals surface area contributed by atoms with Gasteiger partial charge in [0, 0.05) is 0 Å². The summed E-state index contributed by atoms with van der Waals surface area (Å²) in [5.74, 6) is 0. The highest BCUT2D eigenvalue weighted by atomic mass is 31.0. The van der Waals surface area contributed by atoms with Crippen molar-refractivity contribution in [1.29, 1.82) is 0 Å². The Bertz CT molecular complexity index is 276. The van der Waals surface area contributed by atoms with Crippen molar-refractivity contribution < 1.29 is 4.70 Å². The molecule has 0 heterocycles. The van der Waals surface area contributed by atoms with Crippen molar-refractivity contribution in [3.63, 3.8) is 0 Å². The highest BCUT2D eigenvalue weighted by molar-refractivity contribution is 7.18. The van der Waals surface area contributed by atoms with E-state index in [2.05, 4.69) is 30.0 Å². The summed E-state index contributed by atoms with van der Waals surface area (Å²) >= 11 is 0. The Morgan fingerprint density at radius 1 is 0.429 bits per heavy atom. The summed E-state index contributed by atoms with van der Waals surface area (Å²) in [4.78, 5) is 0. The van der Waals surface area contributed by atoms with Crippen molar-refractivity contribution >= 4 is 9.24 Å². The van der Waals surface area contributed by atoms with Crippen LogP contribution in [0.3, 0.4) is 0 Å². The van der Waals surface area contributed by atoms with Crippen LogP contribution >= 0.6 is 9.24 Å². The molecule has 2 heteroatoms. The van der Waals surface area contributed by atoms with E-state index in [9.17, 15) is 0 Å². The minimum atomic E-state index is 0. The van der Waals surface area contributed by atoms with E-state index in [1.165, 1.54) is 141 Å². The third kappa shape index (κ3) is 21.1. The molecule has 0 bridgehead atoms. The zero-order chi connectivity index (χ0) is 20.1. The quantitative estimate of drug-likeness (QED) is 0.121. The standard InChI is InChI=1S/C26H55P.FH/c1-4-7-8-9-10-11-12-13-14-15-16-17-18-19-20-21-22-23-24-25-26(27,5-2)6-3;/h4-25,27H2,1-3H3;1H. The van der Waals surface area contributed by atoms with Crippen molar-refractivity contribution in [2.24, 2.45) is 0 Å². The van der Waals surface area contributed by atoms with Crippen molar-refractivity contribution in [2.45, 2.75) is 167 Å². The van der Waals surface area contributed by atoms with Crippen molar-refractivity contribution in [1.82, 2.24) is 0 Å². The Balaban J connectivity index is 0. The van der Waals surface area contributed by atoms with Gasteiger partial charge >= 0.3 is 0 Å². The lowest BCUT2D eigenvalue weighted by atomic mass is 9.94. The van der Waals surface area contributed by atoms with E-state index in [4.69, 9.17) is 0 Å². The van der Waals surface area contributed by atoms with Crippen LogP contribution in [0.5, 0.6) is 0 Å². The van der Waals surface area contributed by atoms with Crippen molar-refractivity contribution in [3.8, 4) is 0 Å². The molecule has 0 aliphatic carbocycles. The smallest absolute Gasteiger partial charge is 0.0155 e. The van der Waals surface area contributed by atoms with Crippen LogP contribution in [0.15, 0.2) is 0 Å². The van der Waals surface area contributed by atoms with E-state index in [-0.39, 0.29) is 4.70 Å². The highest BCUT2D eigenvalue weighted by Gasteiger charge is 2.18. The van der Waals surface area contributed by atoms with Gasteiger partial charge in [-0.25, -0.2) is 0 Å². The fourth-order valence-corrected chi connectivity index (χ4v) is 4.36. The number of hydrogen-bond acceptors (Lipinski definition) is 0. The van der Waals surface area contributed by atoms with Crippen LogP contribution in [-0.2, 0) is 0 Å². The first-order chi connectivity index (χ1) is 13.2. The van der Waals surface area contributed by atoms with Gasteiger partial charge in [-0.05, 0) is 24.4 Å². The van der Waals surface area contributed by atoms with Crippen molar-refractivity contribution in [3.05, 3.63) is 0 Å². The summed E-state index contributed by atoms with van der Waals surface area (Å²) in [6.07, 6.45) is 31.9. The molecule has 0 fully saturated rings. The topological polar surface area (TPSA) is 0 Å². The van der Waals surface area contributed by atoms with Gasteiger partial charge in [0.1, 0.15) is 0 Å². The minimum absolute atomic E-state index is 0. The molecule has 0 aliphatic rings. The van der Waals surface area contributed by atoms with Crippen LogP contribution < -0.4 is 0 Å². The lowest BCUT2D eigenvalue weighted by molar-refractivity contribution is 0.465. The van der Waals surface area contributed by atoms with Crippen LogP contribution in [0.2, 0.25) is 0 Å². The van der Waals surface area contributed by atoms with E-state index in [1.54, 1.807) is 0 Å². The van der Waals surface area contributed by atoms with E-state index in [0.717, 1.165) is 0 Å². The third-order valence-electron chi connectivity index (χ3n) is 6.69. The first kappa shape index (κ1) is 30.6. The second kappa shape index (κ2) is 23.6. The van der Waals surface area contributed by atoms with Crippen LogP contribution in [0, 0.1) is 0 Å². The number of unbranched alkanes of at least 4 members (excludes halogenated alkanes) is 18. The number of halogens is 1. The lowest BCUT2D eigenvalue weighted by Crippen LogP contribution is -2.17. The summed E-state index contributed by atoms with van der Waals surface area (Å²) in [6, 6.07) is 0. The summed E-state index contributed by atoms with van der Waals surface area (Å²) in [5.41, 5.74) is 0. The Kier molecular flexibility index (Phi) is 25.8. The molecule has 0 amide bonds. The van der Waals surface area contributed by atoms with Crippen LogP contribution in [0.4, 0.5) is 4.70 Å². The van der Waals surface area contributed by atoms with Gasteiger partial charge in [-0.3, -0.25) is 4.70 Å². The van der Waals surface area contributed by atoms with E-state index in [1.807, 2.05) is 0 Å². The van der Waals surface area contributed by atoms with Gasteiger partial charge in [0.05, 0.1) is 0 Å². The molecule has 0 spiro atoms. The highest BCUT2D eigenvalue weighted by Crippen LogP contribution is 2.32. The van der Waals surface area contributed by atoms with Crippen LogP contribution in [-0.4, -0.2) is 5.16 Å². The molecule has 0 aromatic carbocycles. The molecule has 0 aromatic rings. The molecule has 28 heavy (non-hydrogen) atoms. The molecule has 0 saturated carbocycles. The summed E-state index contributed by atoms with van der Waals surface area (Å²) in [5, 5.41) is 0.536. The molecule has 0 rings (SSSR count). The molecule has 1 unspecified atom stereocenters. The lowest BCUT2D eigenvalue weighted by Gasteiger charge is -2.26. The van der Waals surface area contributed by atoms with Gasteiger partial charge in [-0.15, -0.1) is 9.24 Å². The fraction of sp³-hybridized carbons (Fsp3) is 1.00. The molecule has 0 radical (unpaired) electrons. The molecule has 0 saturated heterocycles.